The number of guanidine groups is 1. The maximum absolute atomic E-state index is 12.1. The molecule has 1 fully saturated rings. The molecule has 0 atom stereocenters. The number of halogens is 3. The van der Waals surface area contributed by atoms with E-state index in [-0.39, 0.29) is 17.3 Å². The molecule has 0 bridgehead atoms. The fraction of sp³-hybridized carbons (Fsp3) is 0.588. The summed E-state index contributed by atoms with van der Waals surface area (Å²) in [6, 6.07) is 6.34. The highest BCUT2D eigenvalue weighted by Gasteiger charge is 2.28. The monoisotopic (exact) mass is 422 g/mol. The molecule has 7 nitrogen and oxygen atoms in total. The van der Waals surface area contributed by atoms with Gasteiger partial charge >= 0.3 is 6.18 Å². The summed E-state index contributed by atoms with van der Waals surface area (Å²) in [4.78, 5) is 6.20. The SMILES string of the molecule is CN=C(NCCN1CCS(=O)(=O)CC1)NCc1ccc(OCC(F)(F)F)cc1. The van der Waals surface area contributed by atoms with Crippen LogP contribution in [0.25, 0.3) is 0 Å². The van der Waals surface area contributed by atoms with Crippen molar-refractivity contribution in [3.63, 3.8) is 0 Å². The van der Waals surface area contributed by atoms with E-state index in [9.17, 15) is 21.6 Å². The summed E-state index contributed by atoms with van der Waals surface area (Å²) in [5.41, 5.74) is 0.864. The van der Waals surface area contributed by atoms with Gasteiger partial charge in [-0.15, -0.1) is 0 Å². The first kappa shape index (κ1) is 22.3. The molecule has 11 heteroatoms. The summed E-state index contributed by atoms with van der Waals surface area (Å²) >= 11 is 0. The Morgan fingerprint density at radius 2 is 1.82 bits per heavy atom. The minimum atomic E-state index is -4.36. The third kappa shape index (κ3) is 8.34. The second kappa shape index (κ2) is 9.97. The zero-order valence-electron chi connectivity index (χ0n) is 15.6. The third-order valence-electron chi connectivity index (χ3n) is 4.17. The lowest BCUT2D eigenvalue weighted by atomic mass is 10.2. The average molecular weight is 422 g/mol. The Balaban J connectivity index is 1.69. The van der Waals surface area contributed by atoms with E-state index in [4.69, 9.17) is 0 Å². The molecular formula is C17H25F3N4O3S. The quantitative estimate of drug-likeness (QED) is 0.505. The van der Waals surface area contributed by atoms with Gasteiger partial charge in [-0.2, -0.15) is 13.2 Å². The highest BCUT2D eigenvalue weighted by molar-refractivity contribution is 7.91. The molecule has 2 rings (SSSR count). The van der Waals surface area contributed by atoms with Crippen molar-refractivity contribution in [1.82, 2.24) is 15.5 Å². The van der Waals surface area contributed by atoms with Crippen LogP contribution >= 0.6 is 0 Å². The molecule has 0 aliphatic carbocycles. The Morgan fingerprint density at radius 1 is 1.18 bits per heavy atom. The number of alkyl halides is 3. The molecular weight excluding hydrogens is 397 g/mol. The fourth-order valence-corrected chi connectivity index (χ4v) is 3.86. The number of hydrogen-bond acceptors (Lipinski definition) is 5. The zero-order chi connectivity index (χ0) is 20.6. The molecule has 1 aromatic rings. The van der Waals surface area contributed by atoms with Crippen LogP contribution in [0.15, 0.2) is 29.3 Å². The third-order valence-corrected chi connectivity index (χ3v) is 5.78. The molecule has 0 radical (unpaired) electrons. The van der Waals surface area contributed by atoms with Gasteiger partial charge in [0.1, 0.15) is 5.75 Å². The number of nitrogens with zero attached hydrogens (tertiary/aromatic N) is 2. The molecule has 1 aliphatic heterocycles. The molecule has 158 valence electrons. The Morgan fingerprint density at radius 3 is 2.39 bits per heavy atom. The number of ether oxygens (including phenoxy) is 1. The highest BCUT2D eigenvalue weighted by Crippen LogP contribution is 2.18. The Bertz CT molecular complexity index is 738. The first-order chi connectivity index (χ1) is 13.2. The molecule has 0 unspecified atom stereocenters. The Labute approximate surface area is 162 Å². The van der Waals surface area contributed by atoms with E-state index in [0.717, 1.165) is 5.56 Å². The van der Waals surface area contributed by atoms with E-state index in [2.05, 4.69) is 25.3 Å². The van der Waals surface area contributed by atoms with Gasteiger partial charge in [0.15, 0.2) is 22.4 Å². The van der Waals surface area contributed by atoms with Gasteiger partial charge in [0.2, 0.25) is 0 Å². The van der Waals surface area contributed by atoms with Crippen LogP contribution in [0.2, 0.25) is 0 Å². The lowest BCUT2D eigenvalue weighted by Crippen LogP contribution is -2.45. The molecule has 0 spiro atoms. The van der Waals surface area contributed by atoms with Gasteiger partial charge in [-0.05, 0) is 17.7 Å². The van der Waals surface area contributed by atoms with Crippen molar-refractivity contribution in [3.8, 4) is 5.75 Å². The molecule has 1 saturated heterocycles. The number of rotatable bonds is 7. The van der Waals surface area contributed by atoms with Gasteiger partial charge in [-0.3, -0.25) is 9.89 Å². The molecule has 0 aromatic heterocycles. The van der Waals surface area contributed by atoms with Crippen LogP contribution in [0.3, 0.4) is 0 Å². The summed E-state index contributed by atoms with van der Waals surface area (Å²) in [7, 11) is -1.24. The smallest absolute Gasteiger partial charge is 0.422 e. The molecule has 28 heavy (non-hydrogen) atoms. The van der Waals surface area contributed by atoms with Crippen molar-refractivity contribution in [1.29, 1.82) is 0 Å². The molecule has 1 heterocycles. The van der Waals surface area contributed by atoms with E-state index >= 15 is 0 Å². The molecule has 2 N–H and O–H groups in total. The van der Waals surface area contributed by atoms with Crippen molar-refractivity contribution in [2.24, 2.45) is 4.99 Å². The summed E-state index contributed by atoms with van der Waals surface area (Å²) in [6.45, 7) is 1.54. The standard InChI is InChI=1S/C17H25F3N4O3S/c1-21-16(22-6-7-24-8-10-28(25,26)11-9-24)23-12-14-2-4-15(5-3-14)27-13-17(18,19)20/h2-5H,6-13H2,1H3,(H2,21,22,23). The van der Waals surface area contributed by atoms with E-state index in [1.54, 1.807) is 19.2 Å². The van der Waals surface area contributed by atoms with Crippen LogP contribution in [0.1, 0.15) is 5.56 Å². The summed E-state index contributed by atoms with van der Waals surface area (Å²) in [5, 5.41) is 6.27. The van der Waals surface area contributed by atoms with Gasteiger partial charge < -0.3 is 15.4 Å². The van der Waals surface area contributed by atoms with Crippen molar-refractivity contribution < 1.29 is 26.3 Å². The summed E-state index contributed by atoms with van der Waals surface area (Å²) in [5.74, 6) is 1.14. The minimum absolute atomic E-state index is 0.159. The molecule has 1 aromatic carbocycles. The average Bonchev–Trinajstić information content (AvgIpc) is 2.64. The predicted octanol–water partition coefficient (Wildman–Crippen LogP) is 1.02. The second-order valence-corrected chi connectivity index (χ2v) is 8.70. The first-order valence-electron chi connectivity index (χ1n) is 8.83. The van der Waals surface area contributed by atoms with Crippen molar-refractivity contribution >= 4 is 15.8 Å². The van der Waals surface area contributed by atoms with Gasteiger partial charge in [-0.1, -0.05) is 12.1 Å². The van der Waals surface area contributed by atoms with Crippen LogP contribution < -0.4 is 15.4 Å². The lowest BCUT2D eigenvalue weighted by Gasteiger charge is -2.26. The number of sulfone groups is 1. The maximum atomic E-state index is 12.1. The second-order valence-electron chi connectivity index (χ2n) is 6.39. The van der Waals surface area contributed by atoms with Crippen molar-refractivity contribution in [2.75, 3.05) is 51.3 Å². The zero-order valence-corrected chi connectivity index (χ0v) is 16.4. The van der Waals surface area contributed by atoms with Gasteiger partial charge in [0.25, 0.3) is 0 Å². The van der Waals surface area contributed by atoms with E-state index in [1.807, 2.05) is 0 Å². The molecule has 1 aliphatic rings. The number of hydrogen-bond donors (Lipinski definition) is 2. The topological polar surface area (TPSA) is 83.0 Å². The Kier molecular flexibility index (Phi) is 7.93. The van der Waals surface area contributed by atoms with E-state index < -0.39 is 22.6 Å². The minimum Gasteiger partial charge on any atom is -0.484 e. The largest absolute Gasteiger partial charge is 0.484 e. The Hall–Kier alpha value is -2.01. The molecule has 0 amide bonds. The van der Waals surface area contributed by atoms with Crippen molar-refractivity contribution in [2.45, 2.75) is 12.7 Å². The summed E-state index contributed by atoms with van der Waals surface area (Å²) < 4.78 is 63.9. The van der Waals surface area contributed by atoms with Gasteiger partial charge in [-0.25, -0.2) is 8.42 Å². The molecule has 0 saturated carbocycles. The van der Waals surface area contributed by atoms with E-state index in [0.29, 0.717) is 38.7 Å². The summed E-state index contributed by atoms with van der Waals surface area (Å²) in [6.07, 6.45) is -4.36. The highest BCUT2D eigenvalue weighted by atomic mass is 32.2. The fourth-order valence-electron chi connectivity index (χ4n) is 2.58. The van der Waals surface area contributed by atoms with Gasteiger partial charge in [0.05, 0.1) is 11.5 Å². The normalized spacial score (nSPS) is 17.9. The van der Waals surface area contributed by atoms with Crippen LogP contribution in [0.5, 0.6) is 5.75 Å². The van der Waals surface area contributed by atoms with Crippen LogP contribution in [-0.4, -0.2) is 76.8 Å². The number of nitrogens with one attached hydrogen (secondary N) is 2. The van der Waals surface area contributed by atoms with E-state index in [1.165, 1.54) is 12.1 Å². The first-order valence-corrected chi connectivity index (χ1v) is 10.6. The number of benzene rings is 1. The van der Waals surface area contributed by atoms with Crippen LogP contribution in [0, 0.1) is 0 Å². The predicted molar refractivity (Wildman–Crippen MR) is 101 cm³/mol. The van der Waals surface area contributed by atoms with Crippen LogP contribution in [-0.2, 0) is 16.4 Å². The van der Waals surface area contributed by atoms with Crippen LogP contribution in [0.4, 0.5) is 13.2 Å². The maximum Gasteiger partial charge on any atom is 0.422 e. The number of aliphatic imine (C=N–C) groups is 1. The lowest BCUT2D eigenvalue weighted by molar-refractivity contribution is -0.153. The van der Waals surface area contributed by atoms with Crippen molar-refractivity contribution in [3.05, 3.63) is 29.8 Å². The van der Waals surface area contributed by atoms with Gasteiger partial charge in [0, 0.05) is 39.8 Å².